The number of aryl methyl sites for hydroxylation is 1. The molecule has 0 aliphatic heterocycles. The van der Waals surface area contributed by atoms with Crippen LogP contribution in [0.2, 0.25) is 0 Å². The average Bonchev–Trinajstić information content (AvgIpc) is 2.64. The summed E-state index contributed by atoms with van der Waals surface area (Å²) in [4.78, 5) is 23.5. The van der Waals surface area contributed by atoms with E-state index < -0.39 is 0 Å². The van der Waals surface area contributed by atoms with Crippen LogP contribution < -0.4 is 10.1 Å². The minimum atomic E-state index is 0.344. The minimum absolute atomic E-state index is 0.344. The first-order chi connectivity index (χ1) is 11.7. The topological polar surface area (TPSA) is 89.4 Å². The molecule has 7 heteroatoms. The van der Waals surface area contributed by atoms with Gasteiger partial charge in [-0.25, -0.2) is 9.97 Å². The van der Waals surface area contributed by atoms with Gasteiger partial charge < -0.3 is 10.1 Å². The highest BCUT2D eigenvalue weighted by molar-refractivity contribution is 5.66. The second-order valence-electron chi connectivity index (χ2n) is 5.09. The van der Waals surface area contributed by atoms with Crippen molar-refractivity contribution in [2.24, 2.45) is 5.18 Å². The Bertz CT molecular complexity index is 882. The van der Waals surface area contributed by atoms with Crippen molar-refractivity contribution in [3.8, 4) is 17.0 Å². The van der Waals surface area contributed by atoms with Crippen LogP contribution in [0, 0.1) is 11.8 Å². The van der Waals surface area contributed by atoms with Gasteiger partial charge in [-0.15, -0.1) is 4.91 Å². The average molecular weight is 321 g/mol. The Morgan fingerprint density at radius 3 is 2.83 bits per heavy atom. The number of nitrogens with zero attached hydrogens (tertiary/aromatic N) is 4. The molecule has 0 atom stereocenters. The highest BCUT2D eigenvalue weighted by atomic mass is 16.5. The van der Waals surface area contributed by atoms with E-state index in [4.69, 9.17) is 4.74 Å². The van der Waals surface area contributed by atoms with E-state index in [0.29, 0.717) is 23.1 Å². The van der Waals surface area contributed by atoms with Crippen LogP contribution in [-0.2, 0) is 0 Å². The summed E-state index contributed by atoms with van der Waals surface area (Å²) in [6.45, 7) is 1.92. The monoisotopic (exact) mass is 321 g/mol. The van der Waals surface area contributed by atoms with Crippen molar-refractivity contribution in [3.63, 3.8) is 0 Å². The molecule has 7 nitrogen and oxygen atoms in total. The van der Waals surface area contributed by atoms with Crippen LogP contribution in [-0.4, -0.2) is 22.1 Å². The zero-order chi connectivity index (χ0) is 16.9. The van der Waals surface area contributed by atoms with Gasteiger partial charge in [-0.05, 0) is 41.9 Å². The fourth-order valence-corrected chi connectivity index (χ4v) is 2.17. The highest BCUT2D eigenvalue weighted by Crippen LogP contribution is 2.26. The molecule has 2 heterocycles. The zero-order valence-corrected chi connectivity index (χ0v) is 13.2. The molecule has 0 unspecified atom stereocenters. The Morgan fingerprint density at radius 2 is 2.04 bits per heavy atom. The maximum absolute atomic E-state index is 10.7. The number of rotatable bonds is 5. The molecular formula is C17H15N5O2. The van der Waals surface area contributed by atoms with Gasteiger partial charge in [0.2, 0.25) is 5.95 Å². The van der Waals surface area contributed by atoms with Gasteiger partial charge in [0, 0.05) is 23.6 Å². The third-order valence-corrected chi connectivity index (χ3v) is 3.47. The number of hydrogen-bond donors (Lipinski definition) is 1. The summed E-state index contributed by atoms with van der Waals surface area (Å²) in [7, 11) is 1.59. The molecule has 0 amide bonds. The largest absolute Gasteiger partial charge is 0.495 e. The van der Waals surface area contributed by atoms with Crippen molar-refractivity contribution in [1.82, 2.24) is 15.0 Å². The van der Waals surface area contributed by atoms with Crippen molar-refractivity contribution >= 4 is 17.3 Å². The molecule has 1 aromatic carbocycles. The first-order valence-electron chi connectivity index (χ1n) is 7.23. The maximum atomic E-state index is 10.7. The molecule has 0 aliphatic carbocycles. The lowest BCUT2D eigenvalue weighted by Gasteiger charge is -2.09. The van der Waals surface area contributed by atoms with Crippen LogP contribution >= 0.6 is 0 Å². The SMILES string of the molecule is COc1cncc(-c2ccnc(Nc3cc(N=O)ccc3C)n2)c1. The van der Waals surface area contributed by atoms with E-state index in [0.717, 1.165) is 16.8 Å². The van der Waals surface area contributed by atoms with Crippen molar-refractivity contribution in [3.05, 3.63) is 59.4 Å². The first kappa shape index (κ1) is 15.5. The quantitative estimate of drug-likeness (QED) is 0.714. The molecule has 0 radical (unpaired) electrons. The summed E-state index contributed by atoms with van der Waals surface area (Å²) >= 11 is 0. The second-order valence-corrected chi connectivity index (χ2v) is 5.09. The van der Waals surface area contributed by atoms with Gasteiger partial charge in [0.15, 0.2) is 0 Å². The smallest absolute Gasteiger partial charge is 0.227 e. The molecule has 3 aromatic rings. The van der Waals surface area contributed by atoms with Gasteiger partial charge >= 0.3 is 0 Å². The van der Waals surface area contributed by atoms with E-state index in [2.05, 4.69) is 25.4 Å². The van der Waals surface area contributed by atoms with Crippen LogP contribution in [0.3, 0.4) is 0 Å². The predicted octanol–water partition coefficient (Wildman–Crippen LogP) is 4.00. The standard InChI is InChI=1S/C17H15N5O2/c1-11-3-4-13(22-23)8-16(11)21-17-19-6-5-15(20-17)12-7-14(24-2)10-18-9-12/h3-10H,1-2H3,(H,19,20,21). The first-order valence-corrected chi connectivity index (χ1v) is 7.23. The fraction of sp³-hybridized carbons (Fsp3) is 0.118. The zero-order valence-electron chi connectivity index (χ0n) is 13.2. The molecule has 3 rings (SSSR count). The fourth-order valence-electron chi connectivity index (χ4n) is 2.17. The summed E-state index contributed by atoms with van der Waals surface area (Å²) in [6, 6.07) is 8.77. The number of ether oxygens (including phenoxy) is 1. The number of methoxy groups -OCH3 is 1. The molecule has 0 spiro atoms. The number of anilines is 2. The molecule has 0 saturated heterocycles. The van der Waals surface area contributed by atoms with Crippen LogP contribution in [0.25, 0.3) is 11.3 Å². The summed E-state index contributed by atoms with van der Waals surface area (Å²) < 4.78 is 5.18. The predicted molar refractivity (Wildman–Crippen MR) is 91.7 cm³/mol. The maximum Gasteiger partial charge on any atom is 0.227 e. The number of aromatic nitrogens is 3. The molecule has 0 fully saturated rings. The summed E-state index contributed by atoms with van der Waals surface area (Å²) in [6.07, 6.45) is 4.99. The molecular weight excluding hydrogens is 306 g/mol. The van der Waals surface area contributed by atoms with Crippen molar-refractivity contribution < 1.29 is 4.74 Å². The van der Waals surface area contributed by atoms with Gasteiger partial charge in [-0.2, -0.15) is 0 Å². The number of benzene rings is 1. The van der Waals surface area contributed by atoms with E-state index in [1.165, 1.54) is 0 Å². The normalized spacial score (nSPS) is 10.2. The Morgan fingerprint density at radius 1 is 1.17 bits per heavy atom. The van der Waals surface area contributed by atoms with E-state index in [-0.39, 0.29) is 0 Å². The van der Waals surface area contributed by atoms with Crippen molar-refractivity contribution in [2.75, 3.05) is 12.4 Å². The van der Waals surface area contributed by atoms with E-state index in [9.17, 15) is 4.91 Å². The molecule has 0 saturated carbocycles. The van der Waals surface area contributed by atoms with Crippen LogP contribution in [0.15, 0.2) is 54.1 Å². The minimum Gasteiger partial charge on any atom is -0.495 e. The molecule has 120 valence electrons. The Kier molecular flexibility index (Phi) is 4.42. The highest BCUT2D eigenvalue weighted by Gasteiger charge is 2.07. The van der Waals surface area contributed by atoms with Crippen LogP contribution in [0.5, 0.6) is 5.75 Å². The third-order valence-electron chi connectivity index (χ3n) is 3.47. The summed E-state index contributed by atoms with van der Waals surface area (Å²) in [5.74, 6) is 1.07. The number of hydrogen-bond acceptors (Lipinski definition) is 7. The van der Waals surface area contributed by atoms with Crippen LogP contribution in [0.4, 0.5) is 17.3 Å². The van der Waals surface area contributed by atoms with Crippen molar-refractivity contribution in [2.45, 2.75) is 6.92 Å². The molecule has 1 N–H and O–H groups in total. The second kappa shape index (κ2) is 6.82. The molecule has 0 bridgehead atoms. The van der Waals surface area contributed by atoms with E-state index in [1.54, 1.807) is 43.9 Å². The van der Waals surface area contributed by atoms with E-state index in [1.807, 2.05) is 19.1 Å². The molecule has 2 aromatic heterocycles. The Balaban J connectivity index is 1.92. The van der Waals surface area contributed by atoms with Gasteiger partial charge in [0.05, 0.1) is 19.0 Å². The Labute approximate surface area is 138 Å². The molecule has 24 heavy (non-hydrogen) atoms. The van der Waals surface area contributed by atoms with Crippen molar-refractivity contribution in [1.29, 1.82) is 0 Å². The van der Waals surface area contributed by atoms with Crippen LogP contribution in [0.1, 0.15) is 5.56 Å². The summed E-state index contributed by atoms with van der Waals surface area (Å²) in [5.41, 5.74) is 3.56. The summed E-state index contributed by atoms with van der Waals surface area (Å²) in [5, 5.41) is 6.06. The molecule has 0 aliphatic rings. The lowest BCUT2D eigenvalue weighted by molar-refractivity contribution is 0.413. The lowest BCUT2D eigenvalue weighted by atomic mass is 10.2. The van der Waals surface area contributed by atoms with Gasteiger partial charge in [0.1, 0.15) is 11.4 Å². The Hall–Kier alpha value is -3.35. The number of nitroso groups, excluding NO2 is 1. The third kappa shape index (κ3) is 3.35. The van der Waals surface area contributed by atoms with E-state index >= 15 is 0 Å². The van der Waals surface area contributed by atoms with Gasteiger partial charge in [-0.3, -0.25) is 4.98 Å². The number of pyridine rings is 1. The van der Waals surface area contributed by atoms with Gasteiger partial charge in [-0.1, -0.05) is 6.07 Å². The van der Waals surface area contributed by atoms with Gasteiger partial charge in [0.25, 0.3) is 0 Å². The lowest BCUT2D eigenvalue weighted by Crippen LogP contribution is -1.99. The number of nitrogens with one attached hydrogen (secondary N) is 1.